The second-order valence-corrected chi connectivity index (χ2v) is 6.51. The Labute approximate surface area is 149 Å². The lowest BCUT2D eigenvalue weighted by Gasteiger charge is -2.11. The van der Waals surface area contributed by atoms with Gasteiger partial charge < -0.3 is 9.82 Å². The molecule has 0 atom stereocenters. The lowest BCUT2D eigenvalue weighted by molar-refractivity contribution is -0.0587. The minimum Gasteiger partial charge on any atom is -0.349 e. The first-order valence-corrected chi connectivity index (χ1v) is 8.28. The molecule has 1 aromatic heterocycles. The molecule has 6 heteroatoms. The van der Waals surface area contributed by atoms with Crippen molar-refractivity contribution in [2.45, 2.75) is 19.8 Å². The SMILES string of the molecule is CC(C)c1ccc2cc(C(=O)ON3C(=O)c4ccccc4C3=O)[nH]c2c1. The maximum absolute atomic E-state index is 12.4. The van der Waals surface area contributed by atoms with Crippen molar-refractivity contribution in [3.8, 4) is 0 Å². The Morgan fingerprint density at radius 1 is 1.00 bits per heavy atom. The minimum atomic E-state index is -0.790. The summed E-state index contributed by atoms with van der Waals surface area (Å²) in [7, 11) is 0. The number of rotatable bonds is 3. The number of hydrogen-bond acceptors (Lipinski definition) is 4. The van der Waals surface area contributed by atoms with Gasteiger partial charge in [-0.3, -0.25) is 9.59 Å². The van der Waals surface area contributed by atoms with Gasteiger partial charge in [-0.2, -0.15) is 0 Å². The van der Waals surface area contributed by atoms with E-state index in [1.54, 1.807) is 18.2 Å². The third kappa shape index (κ3) is 2.47. The molecule has 0 spiro atoms. The lowest BCUT2D eigenvalue weighted by atomic mass is 10.0. The van der Waals surface area contributed by atoms with Crippen LogP contribution in [0.1, 0.15) is 56.5 Å². The van der Waals surface area contributed by atoms with Crippen LogP contribution in [0.2, 0.25) is 0 Å². The summed E-state index contributed by atoms with van der Waals surface area (Å²) in [6.45, 7) is 4.17. The van der Waals surface area contributed by atoms with Crippen molar-refractivity contribution in [1.82, 2.24) is 10.0 Å². The molecule has 2 heterocycles. The van der Waals surface area contributed by atoms with Crippen LogP contribution in [0.5, 0.6) is 0 Å². The van der Waals surface area contributed by atoms with E-state index in [1.807, 2.05) is 18.2 Å². The first-order chi connectivity index (χ1) is 12.5. The Bertz CT molecular complexity index is 1030. The molecule has 1 N–H and O–H groups in total. The molecule has 0 aliphatic carbocycles. The molecule has 0 saturated heterocycles. The van der Waals surface area contributed by atoms with Gasteiger partial charge in [0.15, 0.2) is 0 Å². The van der Waals surface area contributed by atoms with Crippen LogP contribution in [-0.4, -0.2) is 27.8 Å². The molecule has 2 amide bonds. The number of carbonyl (C=O) groups excluding carboxylic acids is 3. The predicted molar refractivity (Wildman–Crippen MR) is 94.7 cm³/mol. The van der Waals surface area contributed by atoms with Gasteiger partial charge in [-0.15, -0.1) is 0 Å². The van der Waals surface area contributed by atoms with Crippen LogP contribution in [0.25, 0.3) is 10.9 Å². The molecular formula is C20H16N2O4. The van der Waals surface area contributed by atoms with E-state index < -0.39 is 17.8 Å². The smallest absolute Gasteiger partial charge is 0.349 e. The van der Waals surface area contributed by atoms with Crippen LogP contribution in [0, 0.1) is 0 Å². The van der Waals surface area contributed by atoms with Gasteiger partial charge >= 0.3 is 5.97 Å². The molecule has 0 radical (unpaired) electrons. The summed E-state index contributed by atoms with van der Waals surface area (Å²) in [5.74, 6) is -1.72. The van der Waals surface area contributed by atoms with Gasteiger partial charge in [0, 0.05) is 10.9 Å². The average molecular weight is 348 g/mol. The molecule has 3 aromatic rings. The molecule has 0 unspecified atom stereocenters. The Kier molecular flexibility index (Phi) is 3.61. The van der Waals surface area contributed by atoms with E-state index in [9.17, 15) is 14.4 Å². The highest BCUT2D eigenvalue weighted by molar-refractivity contribution is 6.21. The zero-order chi connectivity index (χ0) is 18.4. The van der Waals surface area contributed by atoms with Crippen LogP contribution >= 0.6 is 0 Å². The molecule has 6 nitrogen and oxygen atoms in total. The number of nitrogens with zero attached hydrogens (tertiary/aromatic N) is 1. The number of H-pyrrole nitrogens is 1. The van der Waals surface area contributed by atoms with Crippen molar-refractivity contribution in [2.75, 3.05) is 0 Å². The van der Waals surface area contributed by atoms with Crippen molar-refractivity contribution >= 4 is 28.7 Å². The van der Waals surface area contributed by atoms with E-state index in [-0.39, 0.29) is 16.8 Å². The monoisotopic (exact) mass is 348 g/mol. The number of aromatic nitrogens is 1. The standard InChI is InChI=1S/C20H16N2O4/c1-11(2)12-7-8-13-10-17(21-16(13)9-12)20(25)26-22-18(23)14-5-3-4-6-15(14)19(22)24/h3-11,21H,1-2H3. The van der Waals surface area contributed by atoms with Gasteiger partial charge in [0.25, 0.3) is 11.8 Å². The fraction of sp³-hybridized carbons (Fsp3) is 0.150. The summed E-state index contributed by atoms with van der Waals surface area (Å²) >= 11 is 0. The molecule has 0 bridgehead atoms. The molecule has 1 aliphatic heterocycles. The lowest BCUT2D eigenvalue weighted by Crippen LogP contribution is -2.32. The van der Waals surface area contributed by atoms with Gasteiger partial charge in [0.05, 0.1) is 11.1 Å². The van der Waals surface area contributed by atoms with Crippen LogP contribution in [0.3, 0.4) is 0 Å². The number of hydroxylamine groups is 2. The number of amides is 2. The van der Waals surface area contributed by atoms with Crippen LogP contribution in [0.4, 0.5) is 0 Å². The predicted octanol–water partition coefficient (Wildman–Crippen LogP) is 3.66. The summed E-state index contributed by atoms with van der Waals surface area (Å²) in [6.07, 6.45) is 0. The van der Waals surface area contributed by atoms with Crippen LogP contribution < -0.4 is 0 Å². The third-order valence-electron chi connectivity index (χ3n) is 4.46. The quantitative estimate of drug-likeness (QED) is 0.733. The first-order valence-electron chi connectivity index (χ1n) is 8.28. The molecular weight excluding hydrogens is 332 g/mol. The number of aromatic amines is 1. The number of hydrogen-bond donors (Lipinski definition) is 1. The van der Waals surface area contributed by atoms with Crippen LogP contribution in [-0.2, 0) is 4.84 Å². The van der Waals surface area contributed by atoms with Crippen molar-refractivity contribution in [3.05, 3.63) is 70.9 Å². The van der Waals surface area contributed by atoms with Gasteiger partial charge in [-0.05, 0) is 35.7 Å². The fourth-order valence-electron chi connectivity index (χ4n) is 3.00. The highest BCUT2D eigenvalue weighted by Gasteiger charge is 2.39. The Balaban J connectivity index is 1.60. The van der Waals surface area contributed by atoms with Gasteiger partial charge in [-0.1, -0.05) is 43.2 Å². The summed E-state index contributed by atoms with van der Waals surface area (Å²) in [4.78, 5) is 45.1. The minimum absolute atomic E-state index is 0.178. The maximum atomic E-state index is 12.4. The Morgan fingerprint density at radius 3 is 2.27 bits per heavy atom. The van der Waals surface area contributed by atoms with Crippen molar-refractivity contribution in [1.29, 1.82) is 0 Å². The molecule has 2 aromatic carbocycles. The van der Waals surface area contributed by atoms with E-state index in [2.05, 4.69) is 18.8 Å². The fourth-order valence-corrected chi connectivity index (χ4v) is 3.00. The molecule has 130 valence electrons. The zero-order valence-electron chi connectivity index (χ0n) is 14.3. The molecule has 0 fully saturated rings. The molecule has 4 rings (SSSR count). The highest BCUT2D eigenvalue weighted by Crippen LogP contribution is 2.25. The van der Waals surface area contributed by atoms with Crippen LogP contribution in [0.15, 0.2) is 48.5 Å². The van der Waals surface area contributed by atoms with E-state index in [4.69, 9.17) is 4.84 Å². The summed E-state index contributed by atoms with van der Waals surface area (Å²) in [5.41, 5.74) is 2.56. The summed E-state index contributed by atoms with van der Waals surface area (Å²) in [5, 5.41) is 1.36. The van der Waals surface area contributed by atoms with Gasteiger partial charge in [-0.25, -0.2) is 4.79 Å². The van der Waals surface area contributed by atoms with Crippen molar-refractivity contribution < 1.29 is 19.2 Å². The third-order valence-corrected chi connectivity index (χ3v) is 4.46. The van der Waals surface area contributed by atoms with Crippen molar-refractivity contribution in [3.63, 3.8) is 0 Å². The summed E-state index contributed by atoms with van der Waals surface area (Å²) < 4.78 is 0. The van der Waals surface area contributed by atoms with Gasteiger partial charge in [0.1, 0.15) is 5.69 Å². The molecule has 26 heavy (non-hydrogen) atoms. The van der Waals surface area contributed by atoms with E-state index in [0.29, 0.717) is 11.0 Å². The number of carbonyl (C=O) groups is 3. The average Bonchev–Trinajstić information content (AvgIpc) is 3.16. The van der Waals surface area contributed by atoms with E-state index >= 15 is 0 Å². The summed E-state index contributed by atoms with van der Waals surface area (Å²) in [6, 6.07) is 13.9. The second-order valence-electron chi connectivity index (χ2n) is 6.51. The maximum Gasteiger partial charge on any atom is 0.380 e. The normalized spacial score (nSPS) is 13.6. The number of nitrogens with one attached hydrogen (secondary N) is 1. The number of benzene rings is 2. The highest BCUT2D eigenvalue weighted by atomic mass is 16.7. The number of fused-ring (bicyclic) bond motifs is 2. The molecule has 1 aliphatic rings. The van der Waals surface area contributed by atoms with Gasteiger partial charge in [0.2, 0.25) is 0 Å². The largest absolute Gasteiger partial charge is 0.380 e. The zero-order valence-corrected chi connectivity index (χ0v) is 14.3. The Hall–Kier alpha value is -3.41. The Morgan fingerprint density at radius 2 is 1.65 bits per heavy atom. The second kappa shape index (κ2) is 5.84. The molecule has 0 saturated carbocycles. The van der Waals surface area contributed by atoms with Crippen molar-refractivity contribution in [2.24, 2.45) is 0 Å². The topological polar surface area (TPSA) is 79.5 Å². The first kappa shape index (κ1) is 16.1. The number of imide groups is 1. The van der Waals surface area contributed by atoms with E-state index in [1.165, 1.54) is 12.1 Å². The van der Waals surface area contributed by atoms with E-state index in [0.717, 1.165) is 16.5 Å².